The Bertz CT molecular complexity index is 759. The molecule has 6 nitrogen and oxygen atoms in total. The van der Waals surface area contributed by atoms with Crippen LogP contribution in [0.1, 0.15) is 33.1 Å². The Morgan fingerprint density at radius 3 is 2.62 bits per heavy atom. The first-order valence-corrected chi connectivity index (χ1v) is 9.59. The van der Waals surface area contributed by atoms with E-state index in [1.807, 2.05) is 29.2 Å². The van der Waals surface area contributed by atoms with E-state index >= 15 is 0 Å². The van der Waals surface area contributed by atoms with Crippen molar-refractivity contribution in [3.8, 4) is 0 Å². The summed E-state index contributed by atoms with van der Waals surface area (Å²) in [6.07, 6.45) is 2.58. The highest BCUT2D eigenvalue weighted by atomic mass is 16.4. The van der Waals surface area contributed by atoms with E-state index in [1.54, 1.807) is 0 Å². The van der Waals surface area contributed by atoms with Gasteiger partial charge in [-0.25, -0.2) is 0 Å². The lowest BCUT2D eigenvalue weighted by atomic mass is 9.79. The van der Waals surface area contributed by atoms with E-state index in [-0.39, 0.29) is 17.4 Å². The Morgan fingerprint density at radius 2 is 1.92 bits per heavy atom. The van der Waals surface area contributed by atoms with Crippen molar-refractivity contribution < 1.29 is 9.21 Å². The zero-order chi connectivity index (χ0) is 18.3. The van der Waals surface area contributed by atoms with Crippen LogP contribution < -0.4 is 10.6 Å². The normalized spacial score (nSPS) is 24.2. The van der Waals surface area contributed by atoms with E-state index in [4.69, 9.17) is 10.2 Å². The van der Waals surface area contributed by atoms with E-state index in [9.17, 15) is 4.79 Å². The van der Waals surface area contributed by atoms with Crippen LogP contribution in [0.5, 0.6) is 0 Å². The molecule has 6 heteroatoms. The molecule has 4 rings (SSSR count). The minimum Gasteiger partial charge on any atom is -0.423 e. The predicted molar refractivity (Wildman–Crippen MR) is 102 cm³/mol. The number of carbonyl (C=O) groups excluding carboxylic acids is 1. The number of aromatic nitrogens is 1. The molecule has 2 aliphatic rings. The van der Waals surface area contributed by atoms with Gasteiger partial charge in [-0.3, -0.25) is 4.79 Å². The van der Waals surface area contributed by atoms with Gasteiger partial charge in [-0.15, -0.1) is 0 Å². The van der Waals surface area contributed by atoms with Crippen molar-refractivity contribution in [2.24, 2.45) is 17.1 Å². The zero-order valence-electron chi connectivity index (χ0n) is 15.6. The van der Waals surface area contributed by atoms with Gasteiger partial charge in [0.05, 0.1) is 0 Å². The first-order chi connectivity index (χ1) is 12.4. The number of para-hydroxylation sites is 2. The summed E-state index contributed by atoms with van der Waals surface area (Å²) < 4.78 is 5.86. The molecule has 2 fully saturated rings. The molecular weight excluding hydrogens is 328 g/mol. The van der Waals surface area contributed by atoms with Crippen LogP contribution >= 0.6 is 0 Å². The van der Waals surface area contributed by atoms with Gasteiger partial charge in [-0.1, -0.05) is 26.0 Å². The highest BCUT2D eigenvalue weighted by Gasteiger charge is 2.38. The van der Waals surface area contributed by atoms with Crippen LogP contribution in [0, 0.1) is 11.3 Å². The van der Waals surface area contributed by atoms with Gasteiger partial charge in [-0.2, -0.15) is 4.98 Å². The molecule has 26 heavy (non-hydrogen) atoms. The number of amides is 1. The molecule has 0 saturated carbocycles. The molecule has 1 aromatic carbocycles. The quantitative estimate of drug-likeness (QED) is 0.895. The summed E-state index contributed by atoms with van der Waals surface area (Å²) in [4.78, 5) is 21.7. The molecule has 140 valence electrons. The second kappa shape index (κ2) is 6.58. The van der Waals surface area contributed by atoms with Crippen LogP contribution in [-0.4, -0.2) is 48.0 Å². The number of piperidine rings is 2. The van der Waals surface area contributed by atoms with Gasteiger partial charge >= 0.3 is 0 Å². The maximum absolute atomic E-state index is 13.0. The third kappa shape index (κ3) is 3.18. The van der Waals surface area contributed by atoms with Gasteiger partial charge in [0.1, 0.15) is 5.52 Å². The number of anilines is 1. The summed E-state index contributed by atoms with van der Waals surface area (Å²) in [6.45, 7) is 7.48. The number of hydrogen-bond donors (Lipinski definition) is 1. The molecule has 0 radical (unpaired) electrons. The lowest BCUT2D eigenvalue weighted by Gasteiger charge is -2.44. The standard InChI is InChI=1S/C20H28N4O2/c1-20(2)13-24(12-9-17(20)21)18(25)14-7-10-23(11-8-14)19-22-15-5-3-4-6-16(15)26-19/h3-6,14,17H,7-13,21H2,1-2H3. The number of oxazole rings is 1. The maximum Gasteiger partial charge on any atom is 0.298 e. The van der Waals surface area contributed by atoms with Crippen LogP contribution in [0.25, 0.3) is 11.1 Å². The molecule has 2 saturated heterocycles. The van der Waals surface area contributed by atoms with Crippen LogP contribution in [0.15, 0.2) is 28.7 Å². The third-order valence-corrected chi connectivity index (χ3v) is 6.02. The molecule has 0 spiro atoms. The first kappa shape index (κ1) is 17.3. The average molecular weight is 356 g/mol. The summed E-state index contributed by atoms with van der Waals surface area (Å²) in [7, 11) is 0. The summed E-state index contributed by atoms with van der Waals surface area (Å²) in [5.74, 6) is 0.392. The van der Waals surface area contributed by atoms with Crippen molar-refractivity contribution in [1.82, 2.24) is 9.88 Å². The lowest BCUT2D eigenvalue weighted by Crippen LogP contribution is -2.55. The highest BCUT2D eigenvalue weighted by molar-refractivity contribution is 5.79. The highest BCUT2D eigenvalue weighted by Crippen LogP contribution is 2.31. The topological polar surface area (TPSA) is 75.6 Å². The Labute approximate surface area is 154 Å². The molecule has 1 aromatic heterocycles. The van der Waals surface area contributed by atoms with Crippen molar-refractivity contribution >= 4 is 23.0 Å². The van der Waals surface area contributed by atoms with Crippen LogP contribution in [-0.2, 0) is 4.79 Å². The predicted octanol–water partition coefficient (Wildman–Crippen LogP) is 2.63. The van der Waals surface area contributed by atoms with Gasteiger partial charge in [0.2, 0.25) is 5.91 Å². The fraction of sp³-hybridized carbons (Fsp3) is 0.600. The molecule has 2 aromatic rings. The van der Waals surface area contributed by atoms with Gasteiger partial charge in [0.25, 0.3) is 6.01 Å². The molecule has 3 heterocycles. The summed E-state index contributed by atoms with van der Waals surface area (Å²) >= 11 is 0. The molecule has 1 atom stereocenters. The Kier molecular flexibility index (Phi) is 4.39. The molecular formula is C20H28N4O2. The van der Waals surface area contributed by atoms with E-state index < -0.39 is 0 Å². The number of hydrogen-bond acceptors (Lipinski definition) is 5. The summed E-state index contributed by atoms with van der Waals surface area (Å²) in [5.41, 5.74) is 7.89. The third-order valence-electron chi connectivity index (χ3n) is 6.02. The van der Waals surface area contributed by atoms with Crippen molar-refractivity contribution in [3.63, 3.8) is 0 Å². The lowest BCUT2D eigenvalue weighted by molar-refractivity contribution is -0.139. The van der Waals surface area contributed by atoms with Crippen LogP contribution in [0.3, 0.4) is 0 Å². The smallest absolute Gasteiger partial charge is 0.298 e. The van der Waals surface area contributed by atoms with E-state index in [2.05, 4.69) is 23.7 Å². The van der Waals surface area contributed by atoms with Gasteiger partial charge in [0.15, 0.2) is 5.58 Å². The van der Waals surface area contributed by atoms with Crippen molar-refractivity contribution in [1.29, 1.82) is 0 Å². The summed E-state index contributed by atoms with van der Waals surface area (Å²) in [6, 6.07) is 8.65. The first-order valence-electron chi connectivity index (χ1n) is 9.59. The van der Waals surface area contributed by atoms with Crippen molar-refractivity contribution in [3.05, 3.63) is 24.3 Å². The fourth-order valence-corrected chi connectivity index (χ4v) is 4.13. The second-order valence-electron chi connectivity index (χ2n) is 8.37. The Morgan fingerprint density at radius 1 is 1.19 bits per heavy atom. The monoisotopic (exact) mass is 356 g/mol. The number of nitrogens with two attached hydrogens (primary N) is 1. The zero-order valence-corrected chi connectivity index (χ0v) is 15.6. The molecule has 2 aliphatic heterocycles. The van der Waals surface area contributed by atoms with Gasteiger partial charge in [-0.05, 0) is 36.8 Å². The fourth-order valence-electron chi connectivity index (χ4n) is 4.13. The number of carbonyl (C=O) groups is 1. The SMILES string of the molecule is CC1(C)CN(C(=O)C2CCN(c3nc4ccccc4o3)CC2)CCC1N. The molecule has 1 amide bonds. The van der Waals surface area contributed by atoms with Crippen LogP contribution in [0.4, 0.5) is 6.01 Å². The second-order valence-corrected chi connectivity index (χ2v) is 8.37. The van der Waals surface area contributed by atoms with E-state index in [0.29, 0.717) is 11.9 Å². The van der Waals surface area contributed by atoms with E-state index in [1.165, 1.54) is 0 Å². The maximum atomic E-state index is 13.0. The van der Waals surface area contributed by atoms with E-state index in [0.717, 1.165) is 56.5 Å². The van der Waals surface area contributed by atoms with Gasteiger partial charge in [0, 0.05) is 38.1 Å². The Hall–Kier alpha value is -2.08. The van der Waals surface area contributed by atoms with Crippen molar-refractivity contribution in [2.45, 2.75) is 39.2 Å². The minimum absolute atomic E-state index is 0.00714. The van der Waals surface area contributed by atoms with Crippen molar-refractivity contribution in [2.75, 3.05) is 31.1 Å². The Balaban J connectivity index is 1.38. The number of fused-ring (bicyclic) bond motifs is 1. The van der Waals surface area contributed by atoms with Crippen LogP contribution in [0.2, 0.25) is 0 Å². The number of benzene rings is 1. The number of likely N-dealkylation sites (tertiary alicyclic amines) is 1. The molecule has 2 N–H and O–H groups in total. The molecule has 1 unspecified atom stereocenters. The largest absolute Gasteiger partial charge is 0.423 e. The van der Waals surface area contributed by atoms with Gasteiger partial charge < -0.3 is 20.0 Å². The number of rotatable bonds is 2. The molecule has 0 aliphatic carbocycles. The molecule has 0 bridgehead atoms. The number of nitrogens with zero attached hydrogens (tertiary/aromatic N) is 3. The average Bonchev–Trinajstić information content (AvgIpc) is 3.07. The summed E-state index contributed by atoms with van der Waals surface area (Å²) in [5, 5.41) is 0. The minimum atomic E-state index is -0.00714.